The van der Waals surface area contributed by atoms with Crippen molar-refractivity contribution in [1.82, 2.24) is 5.32 Å². The Hall–Kier alpha value is -1.72. The second kappa shape index (κ2) is 9.55. The molecule has 10 nitrogen and oxygen atoms in total. The SMILES string of the molecule is CCOC(=O)C(=CN[C@H]1[C@@H](O)[C@H](O)[C@@H](CO)O[C@H]1O)C(=O)OCC. The summed E-state index contributed by atoms with van der Waals surface area (Å²) in [5.74, 6) is -1.89. The normalized spacial score (nSPS) is 29.5. The predicted octanol–water partition coefficient (Wildman–Crippen LogP) is -2.61. The van der Waals surface area contributed by atoms with Crippen LogP contribution in [0.25, 0.3) is 0 Å². The van der Waals surface area contributed by atoms with Gasteiger partial charge in [-0.05, 0) is 13.8 Å². The van der Waals surface area contributed by atoms with Gasteiger partial charge in [-0.3, -0.25) is 0 Å². The number of hydrogen-bond donors (Lipinski definition) is 5. The van der Waals surface area contributed by atoms with Crippen LogP contribution in [0.4, 0.5) is 0 Å². The maximum absolute atomic E-state index is 11.8. The Balaban J connectivity index is 2.91. The van der Waals surface area contributed by atoms with Crippen LogP contribution >= 0.6 is 0 Å². The van der Waals surface area contributed by atoms with Crippen LogP contribution < -0.4 is 5.32 Å². The van der Waals surface area contributed by atoms with Gasteiger partial charge < -0.3 is 40.0 Å². The number of hydrogen-bond acceptors (Lipinski definition) is 10. The molecule has 1 aliphatic rings. The summed E-state index contributed by atoms with van der Waals surface area (Å²) < 4.78 is 14.4. The summed E-state index contributed by atoms with van der Waals surface area (Å²) >= 11 is 0. The van der Waals surface area contributed by atoms with Gasteiger partial charge in [0.25, 0.3) is 0 Å². The van der Waals surface area contributed by atoms with Crippen LogP contribution in [0.1, 0.15) is 13.8 Å². The van der Waals surface area contributed by atoms with Crippen LogP contribution in [-0.2, 0) is 23.8 Å². The zero-order chi connectivity index (χ0) is 18.3. The Morgan fingerprint density at radius 2 is 1.62 bits per heavy atom. The van der Waals surface area contributed by atoms with Gasteiger partial charge in [-0.15, -0.1) is 0 Å². The fourth-order valence-electron chi connectivity index (χ4n) is 2.08. The minimum Gasteiger partial charge on any atom is -0.462 e. The fraction of sp³-hybridized carbons (Fsp3) is 0.714. The molecule has 0 aromatic rings. The van der Waals surface area contributed by atoms with E-state index in [1.165, 1.54) is 0 Å². The molecule has 0 bridgehead atoms. The van der Waals surface area contributed by atoms with Crippen molar-refractivity contribution < 1.29 is 44.2 Å². The standard InChI is InChI=1S/C14H23NO9/c1-3-22-12(19)7(13(20)23-4-2)5-15-9-11(18)10(17)8(6-16)24-14(9)21/h5,8-11,14-18,21H,3-4,6H2,1-2H3/t8-,9+,10-,11-,14-/m1/s1. The molecule has 24 heavy (non-hydrogen) atoms. The number of nitrogens with one attached hydrogen (secondary N) is 1. The minimum atomic E-state index is -1.59. The molecule has 1 rings (SSSR count). The lowest BCUT2D eigenvalue weighted by Gasteiger charge is -2.40. The third-order valence-electron chi connectivity index (χ3n) is 3.31. The molecule has 0 aliphatic carbocycles. The summed E-state index contributed by atoms with van der Waals surface area (Å²) in [7, 11) is 0. The molecule has 1 aliphatic heterocycles. The number of rotatable bonds is 7. The molecule has 0 amide bonds. The number of esters is 2. The number of carbonyl (C=O) groups excluding carboxylic acids is 2. The van der Waals surface area contributed by atoms with E-state index < -0.39 is 54.8 Å². The summed E-state index contributed by atoms with van der Waals surface area (Å²) in [4.78, 5) is 23.6. The Labute approximate surface area is 138 Å². The molecule has 0 aromatic carbocycles. The van der Waals surface area contributed by atoms with Crippen LogP contribution in [0.15, 0.2) is 11.8 Å². The zero-order valence-electron chi connectivity index (χ0n) is 13.4. The van der Waals surface area contributed by atoms with E-state index in [1.54, 1.807) is 13.8 Å². The first kappa shape index (κ1) is 20.3. The lowest BCUT2D eigenvalue weighted by molar-refractivity contribution is -0.252. The smallest absolute Gasteiger partial charge is 0.347 e. The molecule has 5 N–H and O–H groups in total. The number of ether oxygens (including phenoxy) is 3. The monoisotopic (exact) mass is 349 g/mol. The van der Waals surface area contributed by atoms with Gasteiger partial charge in [0.2, 0.25) is 0 Å². The Bertz CT molecular complexity index is 447. The number of carbonyl (C=O) groups is 2. The average Bonchev–Trinajstić information content (AvgIpc) is 2.54. The van der Waals surface area contributed by atoms with Gasteiger partial charge in [0, 0.05) is 6.20 Å². The molecule has 5 atom stereocenters. The van der Waals surface area contributed by atoms with Gasteiger partial charge in [-0.25, -0.2) is 9.59 Å². The molecule has 1 heterocycles. The van der Waals surface area contributed by atoms with Crippen LogP contribution in [0.2, 0.25) is 0 Å². The maximum atomic E-state index is 11.8. The molecular weight excluding hydrogens is 326 g/mol. The van der Waals surface area contributed by atoms with Crippen LogP contribution in [0.3, 0.4) is 0 Å². The molecule has 0 unspecified atom stereocenters. The molecular formula is C14H23NO9. The number of aliphatic hydroxyl groups is 4. The van der Waals surface area contributed by atoms with Gasteiger partial charge in [0.05, 0.1) is 19.8 Å². The lowest BCUT2D eigenvalue weighted by atomic mass is 9.97. The first-order chi connectivity index (χ1) is 11.4. The highest BCUT2D eigenvalue weighted by atomic mass is 16.6. The average molecular weight is 349 g/mol. The van der Waals surface area contributed by atoms with E-state index in [2.05, 4.69) is 5.32 Å². The maximum Gasteiger partial charge on any atom is 0.347 e. The number of aliphatic hydroxyl groups excluding tert-OH is 4. The van der Waals surface area contributed by atoms with E-state index in [9.17, 15) is 24.9 Å². The highest BCUT2D eigenvalue weighted by Crippen LogP contribution is 2.20. The predicted molar refractivity (Wildman–Crippen MR) is 78.3 cm³/mol. The van der Waals surface area contributed by atoms with Gasteiger partial charge in [-0.1, -0.05) is 0 Å². The first-order valence-electron chi connectivity index (χ1n) is 7.48. The molecule has 0 radical (unpaired) electrons. The molecule has 1 saturated heterocycles. The third kappa shape index (κ3) is 4.89. The summed E-state index contributed by atoms with van der Waals surface area (Å²) in [5, 5.41) is 41.0. The van der Waals surface area contributed by atoms with Crippen molar-refractivity contribution in [2.75, 3.05) is 19.8 Å². The molecule has 0 saturated carbocycles. The highest BCUT2D eigenvalue weighted by Gasteiger charge is 2.43. The van der Waals surface area contributed by atoms with Crippen molar-refractivity contribution in [3.63, 3.8) is 0 Å². The lowest BCUT2D eigenvalue weighted by Crippen LogP contribution is -2.62. The van der Waals surface area contributed by atoms with Crippen molar-refractivity contribution in [3.8, 4) is 0 Å². The van der Waals surface area contributed by atoms with E-state index in [-0.39, 0.29) is 13.2 Å². The quantitative estimate of drug-likeness (QED) is 0.143. The third-order valence-corrected chi connectivity index (χ3v) is 3.31. The van der Waals surface area contributed by atoms with Crippen molar-refractivity contribution in [3.05, 3.63) is 11.8 Å². The van der Waals surface area contributed by atoms with Crippen molar-refractivity contribution in [2.24, 2.45) is 0 Å². The van der Waals surface area contributed by atoms with E-state index in [4.69, 9.17) is 19.3 Å². The minimum absolute atomic E-state index is 0.0320. The summed E-state index contributed by atoms with van der Waals surface area (Å²) in [6, 6.07) is -1.25. The first-order valence-corrected chi connectivity index (χ1v) is 7.48. The highest BCUT2D eigenvalue weighted by molar-refractivity contribution is 6.13. The molecule has 10 heteroatoms. The van der Waals surface area contributed by atoms with Crippen LogP contribution in [0.5, 0.6) is 0 Å². The second-order valence-electron chi connectivity index (χ2n) is 4.92. The van der Waals surface area contributed by atoms with E-state index in [0.717, 1.165) is 6.20 Å². The summed E-state index contributed by atoms with van der Waals surface area (Å²) in [6.45, 7) is 2.58. The van der Waals surface area contributed by atoms with Crippen molar-refractivity contribution >= 4 is 11.9 Å². The molecule has 0 aromatic heterocycles. The Kier molecular flexibility index (Phi) is 8.08. The van der Waals surface area contributed by atoms with E-state index in [0.29, 0.717) is 0 Å². The summed E-state index contributed by atoms with van der Waals surface area (Å²) in [6.07, 6.45) is -4.83. The second-order valence-corrected chi connectivity index (χ2v) is 4.92. The van der Waals surface area contributed by atoms with Crippen molar-refractivity contribution in [1.29, 1.82) is 0 Å². The molecule has 1 fully saturated rings. The van der Waals surface area contributed by atoms with Crippen LogP contribution in [-0.4, -0.2) is 82.8 Å². The van der Waals surface area contributed by atoms with E-state index >= 15 is 0 Å². The van der Waals surface area contributed by atoms with Gasteiger partial charge >= 0.3 is 11.9 Å². The van der Waals surface area contributed by atoms with Gasteiger partial charge in [0.15, 0.2) is 11.9 Å². The summed E-state index contributed by atoms with van der Waals surface area (Å²) in [5.41, 5.74) is -0.475. The molecule has 138 valence electrons. The molecule has 0 spiro atoms. The van der Waals surface area contributed by atoms with Crippen LogP contribution in [0, 0.1) is 0 Å². The largest absolute Gasteiger partial charge is 0.462 e. The van der Waals surface area contributed by atoms with Crippen molar-refractivity contribution in [2.45, 2.75) is 44.5 Å². The zero-order valence-corrected chi connectivity index (χ0v) is 13.4. The van der Waals surface area contributed by atoms with Gasteiger partial charge in [0.1, 0.15) is 24.4 Å². The Morgan fingerprint density at radius 3 is 2.08 bits per heavy atom. The van der Waals surface area contributed by atoms with E-state index in [1.807, 2.05) is 0 Å². The fourth-order valence-corrected chi connectivity index (χ4v) is 2.08. The Morgan fingerprint density at radius 1 is 1.08 bits per heavy atom. The topological polar surface area (TPSA) is 155 Å². The van der Waals surface area contributed by atoms with Gasteiger partial charge in [-0.2, -0.15) is 0 Å².